The number of nitrogens with two attached hydrogens (primary N) is 1. The van der Waals surface area contributed by atoms with E-state index in [2.05, 4.69) is 10.4 Å². The van der Waals surface area contributed by atoms with Crippen LogP contribution in [0.5, 0.6) is 0 Å². The normalized spacial score (nSPS) is 12.4. The second-order valence-corrected chi connectivity index (χ2v) is 4.80. The number of hydrogen-bond acceptors (Lipinski definition) is 3. The molecule has 2 aromatic rings. The van der Waals surface area contributed by atoms with Crippen LogP contribution in [0.2, 0.25) is 5.02 Å². The lowest BCUT2D eigenvalue weighted by Gasteiger charge is -2.17. The second-order valence-electron chi connectivity index (χ2n) is 4.36. The van der Waals surface area contributed by atoms with Gasteiger partial charge in [-0.3, -0.25) is 16.3 Å². The third-order valence-electron chi connectivity index (χ3n) is 3.02. The number of benzene rings is 1. The van der Waals surface area contributed by atoms with E-state index in [9.17, 15) is 4.39 Å². The third kappa shape index (κ3) is 3.29. The highest BCUT2D eigenvalue weighted by molar-refractivity contribution is 6.30. The zero-order chi connectivity index (χ0) is 13.8. The number of aromatic nitrogens is 1. The second kappa shape index (κ2) is 6.10. The lowest BCUT2D eigenvalue weighted by atomic mass is 10.00. The topological polar surface area (TPSA) is 50.9 Å². The number of nitrogens with zero attached hydrogens (tertiary/aromatic N) is 1. The van der Waals surface area contributed by atoms with Gasteiger partial charge in [-0.25, -0.2) is 4.39 Å². The first kappa shape index (κ1) is 13.9. The molecular formula is C14H15ClFN3. The fourth-order valence-corrected chi connectivity index (χ4v) is 2.16. The van der Waals surface area contributed by atoms with E-state index < -0.39 is 0 Å². The van der Waals surface area contributed by atoms with Gasteiger partial charge in [-0.05, 0) is 42.7 Å². The molecule has 0 saturated carbocycles. The number of pyridine rings is 1. The molecule has 0 spiro atoms. The van der Waals surface area contributed by atoms with Crippen molar-refractivity contribution < 1.29 is 4.39 Å². The molecule has 2 rings (SSSR count). The predicted octanol–water partition coefficient (Wildman–Crippen LogP) is 2.93. The summed E-state index contributed by atoms with van der Waals surface area (Å²) in [4.78, 5) is 4.30. The Kier molecular flexibility index (Phi) is 4.47. The van der Waals surface area contributed by atoms with Crippen LogP contribution in [0.25, 0.3) is 0 Å². The summed E-state index contributed by atoms with van der Waals surface area (Å²) in [6.07, 6.45) is 2.11. The van der Waals surface area contributed by atoms with E-state index in [0.717, 1.165) is 11.3 Å². The molecule has 0 aliphatic rings. The van der Waals surface area contributed by atoms with Gasteiger partial charge < -0.3 is 0 Å². The van der Waals surface area contributed by atoms with Gasteiger partial charge in [0.2, 0.25) is 0 Å². The van der Waals surface area contributed by atoms with Gasteiger partial charge in [-0.15, -0.1) is 0 Å². The fraction of sp³-hybridized carbons (Fsp3) is 0.214. The average molecular weight is 280 g/mol. The Morgan fingerprint density at radius 1 is 1.42 bits per heavy atom. The highest BCUT2D eigenvalue weighted by atomic mass is 35.5. The van der Waals surface area contributed by atoms with Gasteiger partial charge >= 0.3 is 0 Å². The van der Waals surface area contributed by atoms with Crippen molar-refractivity contribution >= 4 is 11.6 Å². The zero-order valence-corrected chi connectivity index (χ0v) is 11.3. The maximum absolute atomic E-state index is 13.8. The lowest BCUT2D eigenvalue weighted by Crippen LogP contribution is -2.31. The van der Waals surface area contributed by atoms with Crippen molar-refractivity contribution in [2.75, 3.05) is 0 Å². The fourth-order valence-electron chi connectivity index (χ4n) is 2.00. The van der Waals surface area contributed by atoms with Crippen LogP contribution in [0.4, 0.5) is 4.39 Å². The van der Waals surface area contributed by atoms with Crippen LogP contribution in [-0.2, 0) is 6.42 Å². The van der Waals surface area contributed by atoms with Gasteiger partial charge in [0, 0.05) is 11.2 Å². The Labute approximate surface area is 116 Å². The van der Waals surface area contributed by atoms with Crippen molar-refractivity contribution in [1.29, 1.82) is 0 Å². The van der Waals surface area contributed by atoms with Gasteiger partial charge in [0.15, 0.2) is 0 Å². The lowest BCUT2D eigenvalue weighted by molar-refractivity contribution is 0.516. The first-order chi connectivity index (χ1) is 9.11. The van der Waals surface area contributed by atoms with Gasteiger partial charge in [0.1, 0.15) is 5.82 Å². The number of hydrogen-bond donors (Lipinski definition) is 2. The SMILES string of the molecule is Cc1cccnc1C(Cc1ccc(Cl)cc1F)NN. The quantitative estimate of drug-likeness (QED) is 0.668. The summed E-state index contributed by atoms with van der Waals surface area (Å²) >= 11 is 5.74. The van der Waals surface area contributed by atoms with Crippen LogP contribution >= 0.6 is 11.6 Å². The van der Waals surface area contributed by atoms with E-state index in [1.54, 1.807) is 18.3 Å². The van der Waals surface area contributed by atoms with E-state index in [0.29, 0.717) is 17.0 Å². The molecule has 0 radical (unpaired) electrons. The minimum absolute atomic E-state index is 0.239. The minimum Gasteiger partial charge on any atom is -0.271 e. The molecule has 1 aromatic carbocycles. The van der Waals surface area contributed by atoms with E-state index in [1.165, 1.54) is 6.07 Å². The van der Waals surface area contributed by atoms with Crippen molar-refractivity contribution in [3.05, 3.63) is 64.2 Å². The molecule has 3 nitrogen and oxygen atoms in total. The Morgan fingerprint density at radius 2 is 2.21 bits per heavy atom. The van der Waals surface area contributed by atoms with Gasteiger partial charge in [-0.1, -0.05) is 23.7 Å². The maximum Gasteiger partial charge on any atom is 0.127 e. The Balaban J connectivity index is 2.27. The molecule has 100 valence electrons. The smallest absolute Gasteiger partial charge is 0.127 e. The number of hydrazine groups is 1. The summed E-state index contributed by atoms with van der Waals surface area (Å²) in [7, 11) is 0. The monoisotopic (exact) mass is 279 g/mol. The van der Waals surface area contributed by atoms with Crippen molar-refractivity contribution in [1.82, 2.24) is 10.4 Å². The molecule has 0 aliphatic heterocycles. The average Bonchev–Trinajstić information content (AvgIpc) is 2.39. The Morgan fingerprint density at radius 3 is 2.84 bits per heavy atom. The Bertz CT molecular complexity index is 574. The zero-order valence-electron chi connectivity index (χ0n) is 10.5. The predicted molar refractivity (Wildman–Crippen MR) is 74.2 cm³/mol. The van der Waals surface area contributed by atoms with Crippen LogP contribution in [0.3, 0.4) is 0 Å². The summed E-state index contributed by atoms with van der Waals surface area (Å²) in [5.41, 5.74) is 5.07. The van der Waals surface area contributed by atoms with Gasteiger partial charge in [0.25, 0.3) is 0 Å². The molecule has 3 N–H and O–H groups in total. The molecule has 0 fully saturated rings. The summed E-state index contributed by atoms with van der Waals surface area (Å²) in [6, 6.07) is 8.20. The molecule has 0 aliphatic carbocycles. The molecular weight excluding hydrogens is 265 g/mol. The van der Waals surface area contributed by atoms with Crippen LogP contribution < -0.4 is 11.3 Å². The molecule has 1 heterocycles. The minimum atomic E-state index is -0.332. The summed E-state index contributed by atoms with van der Waals surface area (Å²) in [5.74, 6) is 5.23. The summed E-state index contributed by atoms with van der Waals surface area (Å²) in [6.45, 7) is 1.95. The summed E-state index contributed by atoms with van der Waals surface area (Å²) in [5, 5.41) is 0.382. The molecule has 1 unspecified atom stereocenters. The van der Waals surface area contributed by atoms with Gasteiger partial charge in [-0.2, -0.15) is 0 Å². The van der Waals surface area contributed by atoms with Crippen LogP contribution in [-0.4, -0.2) is 4.98 Å². The highest BCUT2D eigenvalue weighted by Gasteiger charge is 2.16. The third-order valence-corrected chi connectivity index (χ3v) is 3.26. The van der Waals surface area contributed by atoms with E-state index >= 15 is 0 Å². The first-order valence-electron chi connectivity index (χ1n) is 5.93. The summed E-state index contributed by atoms with van der Waals surface area (Å²) < 4.78 is 13.8. The molecule has 1 atom stereocenters. The number of rotatable bonds is 4. The largest absolute Gasteiger partial charge is 0.271 e. The number of aryl methyl sites for hydroxylation is 1. The number of halogens is 2. The van der Waals surface area contributed by atoms with Crippen LogP contribution in [0.1, 0.15) is 22.9 Å². The maximum atomic E-state index is 13.8. The van der Waals surface area contributed by atoms with E-state index in [4.69, 9.17) is 17.4 Å². The molecule has 0 saturated heterocycles. The molecule has 0 bridgehead atoms. The van der Waals surface area contributed by atoms with Gasteiger partial charge in [0.05, 0.1) is 11.7 Å². The van der Waals surface area contributed by atoms with E-state index in [-0.39, 0.29) is 11.9 Å². The van der Waals surface area contributed by atoms with Crippen LogP contribution in [0.15, 0.2) is 36.5 Å². The molecule has 5 heteroatoms. The van der Waals surface area contributed by atoms with Crippen molar-refractivity contribution in [3.63, 3.8) is 0 Å². The standard InChI is InChI=1S/C14H15ClFN3/c1-9-3-2-6-18-14(9)13(19-17)7-10-4-5-11(15)8-12(10)16/h2-6,8,13,19H,7,17H2,1H3. The first-order valence-corrected chi connectivity index (χ1v) is 6.31. The highest BCUT2D eigenvalue weighted by Crippen LogP contribution is 2.22. The van der Waals surface area contributed by atoms with Crippen LogP contribution in [0, 0.1) is 12.7 Å². The molecule has 1 aromatic heterocycles. The molecule has 19 heavy (non-hydrogen) atoms. The Hall–Kier alpha value is -1.49. The number of nitrogens with one attached hydrogen (secondary N) is 1. The van der Waals surface area contributed by atoms with Crippen molar-refractivity contribution in [2.24, 2.45) is 5.84 Å². The molecule has 0 amide bonds. The van der Waals surface area contributed by atoms with Crippen molar-refractivity contribution in [2.45, 2.75) is 19.4 Å². The van der Waals surface area contributed by atoms with E-state index in [1.807, 2.05) is 19.1 Å². The van der Waals surface area contributed by atoms with Crippen molar-refractivity contribution in [3.8, 4) is 0 Å².